The van der Waals surface area contributed by atoms with Crippen LogP contribution >= 0.6 is 43.5 Å². The lowest BCUT2D eigenvalue weighted by atomic mass is 10.1. The minimum atomic E-state index is -0.488. The smallest absolute Gasteiger partial charge is 0.266 e. The van der Waals surface area contributed by atoms with E-state index in [1.807, 2.05) is 25.1 Å². The monoisotopic (exact) mass is 452 g/mol. The highest BCUT2D eigenvalue weighted by Gasteiger charge is 2.14. The Kier molecular flexibility index (Phi) is 6.00. The maximum Gasteiger partial charge on any atom is 0.266 e. The number of amides is 1. The van der Waals surface area contributed by atoms with Crippen LogP contribution in [0.3, 0.4) is 0 Å². The summed E-state index contributed by atoms with van der Waals surface area (Å²) in [7, 11) is 0. The third-order valence-corrected chi connectivity index (χ3v) is 4.44. The van der Waals surface area contributed by atoms with E-state index < -0.39 is 5.91 Å². The van der Waals surface area contributed by atoms with E-state index in [1.165, 1.54) is 6.08 Å². The average molecular weight is 455 g/mol. The number of benzene rings is 2. The molecule has 0 atom stereocenters. The molecule has 23 heavy (non-hydrogen) atoms. The second kappa shape index (κ2) is 7.78. The second-order valence-corrected chi connectivity index (χ2v) is 6.93. The highest BCUT2D eigenvalue weighted by atomic mass is 79.9. The van der Waals surface area contributed by atoms with Gasteiger partial charge in [0.25, 0.3) is 5.91 Å². The average Bonchev–Trinajstić information content (AvgIpc) is 2.48. The largest absolute Gasteiger partial charge is 0.319 e. The first kappa shape index (κ1) is 17.7. The van der Waals surface area contributed by atoms with Gasteiger partial charge in [-0.05, 0) is 80.3 Å². The molecule has 0 aliphatic rings. The van der Waals surface area contributed by atoms with Crippen LogP contribution in [0.5, 0.6) is 0 Å². The normalized spacial score (nSPS) is 11.0. The van der Waals surface area contributed by atoms with Crippen LogP contribution in [-0.2, 0) is 4.79 Å². The van der Waals surface area contributed by atoms with Crippen molar-refractivity contribution >= 4 is 61.1 Å². The lowest BCUT2D eigenvalue weighted by Crippen LogP contribution is -2.14. The first-order valence-corrected chi connectivity index (χ1v) is 8.51. The molecule has 1 amide bonds. The van der Waals surface area contributed by atoms with Gasteiger partial charge in [0.1, 0.15) is 11.6 Å². The third-order valence-electron chi connectivity index (χ3n) is 2.95. The minimum absolute atomic E-state index is 0.00774. The van der Waals surface area contributed by atoms with Crippen molar-refractivity contribution in [1.82, 2.24) is 0 Å². The van der Waals surface area contributed by atoms with Gasteiger partial charge in [-0.3, -0.25) is 4.79 Å². The zero-order valence-corrected chi connectivity index (χ0v) is 16.0. The van der Waals surface area contributed by atoms with Gasteiger partial charge in [0.2, 0.25) is 0 Å². The molecule has 6 heteroatoms. The van der Waals surface area contributed by atoms with E-state index in [0.29, 0.717) is 16.3 Å². The standard InChI is InChI=1S/C17H11Br2ClN2O/c1-10-5-14(18)16(15(19)6-10)22-17(23)12(9-21)7-11-3-2-4-13(20)8-11/h2-8H,1H3,(H,22,23)/b12-7+. The van der Waals surface area contributed by atoms with E-state index in [4.69, 9.17) is 11.6 Å². The molecule has 2 rings (SSSR count). The van der Waals surface area contributed by atoms with Crippen LogP contribution in [0.25, 0.3) is 6.08 Å². The number of hydrogen-bond acceptors (Lipinski definition) is 2. The number of nitrogens with zero attached hydrogens (tertiary/aromatic N) is 1. The van der Waals surface area contributed by atoms with Crippen LogP contribution in [0.4, 0.5) is 5.69 Å². The maximum absolute atomic E-state index is 12.3. The Bertz CT molecular complexity index is 818. The predicted molar refractivity (Wildman–Crippen MR) is 100 cm³/mol. The second-order valence-electron chi connectivity index (χ2n) is 4.78. The van der Waals surface area contributed by atoms with E-state index in [2.05, 4.69) is 37.2 Å². The fourth-order valence-electron chi connectivity index (χ4n) is 1.91. The number of nitriles is 1. The van der Waals surface area contributed by atoms with Crippen molar-refractivity contribution in [3.63, 3.8) is 0 Å². The Hall–Kier alpha value is -1.61. The van der Waals surface area contributed by atoms with Gasteiger partial charge in [0.15, 0.2) is 0 Å². The zero-order valence-electron chi connectivity index (χ0n) is 12.0. The summed E-state index contributed by atoms with van der Waals surface area (Å²) in [5, 5.41) is 12.5. The molecule has 0 saturated carbocycles. The molecule has 0 radical (unpaired) electrons. The van der Waals surface area contributed by atoms with Gasteiger partial charge in [0, 0.05) is 14.0 Å². The van der Waals surface area contributed by atoms with Gasteiger partial charge >= 0.3 is 0 Å². The van der Waals surface area contributed by atoms with E-state index in [9.17, 15) is 10.1 Å². The fraction of sp³-hybridized carbons (Fsp3) is 0.0588. The molecule has 2 aromatic carbocycles. The molecule has 0 saturated heterocycles. The third kappa shape index (κ3) is 4.68. The molecule has 0 spiro atoms. The fourth-order valence-corrected chi connectivity index (χ4v) is 3.72. The zero-order chi connectivity index (χ0) is 17.0. The molecule has 0 heterocycles. The van der Waals surface area contributed by atoms with Crippen molar-refractivity contribution in [2.24, 2.45) is 0 Å². The summed E-state index contributed by atoms with van der Waals surface area (Å²) < 4.78 is 1.47. The lowest BCUT2D eigenvalue weighted by Gasteiger charge is -2.10. The van der Waals surface area contributed by atoms with Crippen molar-refractivity contribution in [3.05, 3.63) is 67.1 Å². The van der Waals surface area contributed by atoms with Crippen molar-refractivity contribution < 1.29 is 4.79 Å². The predicted octanol–water partition coefficient (Wildman–Crippen LogP) is 5.72. The van der Waals surface area contributed by atoms with Crippen LogP contribution in [-0.4, -0.2) is 5.91 Å². The number of anilines is 1. The summed E-state index contributed by atoms with van der Waals surface area (Å²) in [4.78, 5) is 12.3. The summed E-state index contributed by atoms with van der Waals surface area (Å²) in [5.41, 5.74) is 2.29. The van der Waals surface area contributed by atoms with Crippen molar-refractivity contribution in [2.75, 3.05) is 5.32 Å². The molecule has 116 valence electrons. The molecule has 1 N–H and O–H groups in total. The SMILES string of the molecule is Cc1cc(Br)c(NC(=O)/C(C#N)=C/c2cccc(Cl)c2)c(Br)c1. The number of halogens is 3. The van der Waals surface area contributed by atoms with E-state index in [-0.39, 0.29) is 5.57 Å². The van der Waals surface area contributed by atoms with E-state index >= 15 is 0 Å². The molecule has 0 aromatic heterocycles. The van der Waals surface area contributed by atoms with Gasteiger partial charge in [-0.15, -0.1) is 0 Å². The van der Waals surface area contributed by atoms with Crippen molar-refractivity contribution in [1.29, 1.82) is 5.26 Å². The summed E-state index contributed by atoms with van der Waals surface area (Å²) in [6.07, 6.45) is 1.50. The quantitative estimate of drug-likeness (QED) is 0.476. The maximum atomic E-state index is 12.3. The van der Waals surface area contributed by atoms with Crippen LogP contribution in [0, 0.1) is 18.3 Å². The number of carbonyl (C=O) groups is 1. The molecule has 0 unspecified atom stereocenters. The molecular weight excluding hydrogens is 443 g/mol. The summed E-state index contributed by atoms with van der Waals surface area (Å²) >= 11 is 12.7. The Labute approximate surface area is 156 Å². The molecule has 0 aliphatic heterocycles. The first-order chi connectivity index (χ1) is 10.9. The van der Waals surface area contributed by atoms with Crippen LogP contribution in [0.2, 0.25) is 5.02 Å². The van der Waals surface area contributed by atoms with Crippen LogP contribution in [0.15, 0.2) is 50.9 Å². The number of carbonyl (C=O) groups excluding carboxylic acids is 1. The highest BCUT2D eigenvalue weighted by molar-refractivity contribution is 9.11. The summed E-state index contributed by atoms with van der Waals surface area (Å²) in [5.74, 6) is -0.488. The summed E-state index contributed by atoms with van der Waals surface area (Å²) in [6.45, 7) is 1.95. The number of aryl methyl sites for hydroxylation is 1. The lowest BCUT2D eigenvalue weighted by molar-refractivity contribution is -0.112. The van der Waals surface area contributed by atoms with Crippen LogP contribution in [0.1, 0.15) is 11.1 Å². The Morgan fingerprint density at radius 1 is 1.26 bits per heavy atom. The minimum Gasteiger partial charge on any atom is -0.319 e. The molecule has 0 fully saturated rings. The Morgan fingerprint density at radius 2 is 1.91 bits per heavy atom. The van der Waals surface area contributed by atoms with E-state index in [1.54, 1.807) is 24.3 Å². The first-order valence-electron chi connectivity index (χ1n) is 6.55. The Morgan fingerprint density at radius 3 is 2.48 bits per heavy atom. The number of hydrogen-bond donors (Lipinski definition) is 1. The summed E-state index contributed by atoms with van der Waals surface area (Å²) in [6, 6.07) is 12.6. The van der Waals surface area contributed by atoms with Crippen LogP contribution < -0.4 is 5.32 Å². The molecule has 0 bridgehead atoms. The number of nitrogens with one attached hydrogen (secondary N) is 1. The highest BCUT2D eigenvalue weighted by Crippen LogP contribution is 2.32. The Balaban J connectivity index is 2.30. The van der Waals surface area contributed by atoms with Gasteiger partial charge in [-0.2, -0.15) is 5.26 Å². The van der Waals surface area contributed by atoms with Gasteiger partial charge < -0.3 is 5.32 Å². The van der Waals surface area contributed by atoms with Gasteiger partial charge in [-0.1, -0.05) is 23.7 Å². The van der Waals surface area contributed by atoms with Gasteiger partial charge in [0.05, 0.1) is 5.69 Å². The molecular formula is C17H11Br2ClN2O. The van der Waals surface area contributed by atoms with E-state index in [0.717, 1.165) is 14.5 Å². The van der Waals surface area contributed by atoms with Gasteiger partial charge in [-0.25, -0.2) is 0 Å². The topological polar surface area (TPSA) is 52.9 Å². The number of rotatable bonds is 3. The molecule has 3 nitrogen and oxygen atoms in total. The van der Waals surface area contributed by atoms with Crippen molar-refractivity contribution in [2.45, 2.75) is 6.92 Å². The molecule has 2 aromatic rings. The van der Waals surface area contributed by atoms with Crippen molar-refractivity contribution in [3.8, 4) is 6.07 Å². The molecule has 0 aliphatic carbocycles.